The van der Waals surface area contributed by atoms with Crippen LogP contribution in [0.15, 0.2) is 41.8 Å². The molecule has 0 saturated heterocycles. The Morgan fingerprint density at radius 1 is 1.14 bits per heavy atom. The normalized spacial score (nSPS) is 10.6. The van der Waals surface area contributed by atoms with Gasteiger partial charge in [-0.05, 0) is 37.6 Å². The van der Waals surface area contributed by atoms with E-state index < -0.39 is 0 Å². The maximum absolute atomic E-state index is 12.3. The molecule has 106 valence electrons. The van der Waals surface area contributed by atoms with Crippen molar-refractivity contribution >= 4 is 34.3 Å². The lowest BCUT2D eigenvalue weighted by Gasteiger charge is -2.05. The molecule has 0 bridgehead atoms. The minimum Gasteiger partial charge on any atom is -0.320 e. The number of anilines is 1. The fraction of sp³-hybridized carbons (Fsp3) is 0.125. The van der Waals surface area contributed by atoms with Gasteiger partial charge in [-0.3, -0.25) is 4.79 Å². The van der Waals surface area contributed by atoms with Crippen molar-refractivity contribution in [1.29, 1.82) is 0 Å². The SMILES string of the molecule is Cc1ccc(-c2nc(C(=O)Nc3ccccc3C)cs2)s1. The Balaban J connectivity index is 1.80. The molecule has 3 rings (SSSR count). The van der Waals surface area contributed by atoms with Gasteiger partial charge in [0.05, 0.1) is 4.88 Å². The van der Waals surface area contributed by atoms with Crippen LogP contribution < -0.4 is 5.32 Å². The van der Waals surface area contributed by atoms with Crippen molar-refractivity contribution in [3.63, 3.8) is 0 Å². The number of benzene rings is 1. The number of para-hydroxylation sites is 1. The monoisotopic (exact) mass is 314 g/mol. The number of thiophene rings is 1. The number of hydrogen-bond acceptors (Lipinski definition) is 4. The molecule has 1 aromatic carbocycles. The van der Waals surface area contributed by atoms with Crippen molar-refractivity contribution < 1.29 is 4.79 Å². The van der Waals surface area contributed by atoms with E-state index in [9.17, 15) is 4.79 Å². The minimum absolute atomic E-state index is 0.167. The first-order valence-electron chi connectivity index (χ1n) is 6.53. The van der Waals surface area contributed by atoms with Crippen molar-refractivity contribution in [2.75, 3.05) is 5.32 Å². The van der Waals surface area contributed by atoms with Gasteiger partial charge in [0, 0.05) is 15.9 Å². The summed E-state index contributed by atoms with van der Waals surface area (Å²) in [6.45, 7) is 4.03. The van der Waals surface area contributed by atoms with Gasteiger partial charge in [0.1, 0.15) is 10.7 Å². The molecule has 1 N–H and O–H groups in total. The predicted octanol–water partition coefficient (Wildman–Crippen LogP) is 4.74. The molecule has 21 heavy (non-hydrogen) atoms. The molecular weight excluding hydrogens is 300 g/mol. The highest BCUT2D eigenvalue weighted by Gasteiger charge is 2.13. The molecular formula is C16H14N2OS2. The average molecular weight is 314 g/mol. The minimum atomic E-state index is -0.167. The highest BCUT2D eigenvalue weighted by molar-refractivity contribution is 7.21. The second-order valence-electron chi connectivity index (χ2n) is 4.72. The highest BCUT2D eigenvalue weighted by Crippen LogP contribution is 2.30. The summed E-state index contributed by atoms with van der Waals surface area (Å²) in [5, 5.41) is 5.60. The molecule has 0 saturated carbocycles. The number of rotatable bonds is 3. The molecule has 0 atom stereocenters. The van der Waals surface area contributed by atoms with E-state index in [1.54, 1.807) is 16.7 Å². The largest absolute Gasteiger partial charge is 0.320 e. The summed E-state index contributed by atoms with van der Waals surface area (Å²) in [4.78, 5) is 19.0. The molecule has 5 heteroatoms. The molecule has 0 aliphatic carbocycles. The van der Waals surface area contributed by atoms with Crippen LogP contribution in [0, 0.1) is 13.8 Å². The van der Waals surface area contributed by atoms with E-state index in [2.05, 4.69) is 23.3 Å². The van der Waals surface area contributed by atoms with Crippen molar-refractivity contribution in [3.8, 4) is 9.88 Å². The first-order chi connectivity index (χ1) is 10.1. The molecule has 0 aliphatic rings. The lowest BCUT2D eigenvalue weighted by atomic mass is 10.2. The Morgan fingerprint density at radius 2 is 1.95 bits per heavy atom. The topological polar surface area (TPSA) is 42.0 Å². The summed E-state index contributed by atoms with van der Waals surface area (Å²) >= 11 is 3.19. The van der Waals surface area contributed by atoms with Crippen LogP contribution >= 0.6 is 22.7 Å². The fourth-order valence-electron chi connectivity index (χ4n) is 1.94. The highest BCUT2D eigenvalue weighted by atomic mass is 32.1. The second-order valence-corrected chi connectivity index (χ2v) is 6.86. The van der Waals surface area contributed by atoms with Crippen molar-refractivity contribution in [3.05, 3.63) is 57.9 Å². The van der Waals surface area contributed by atoms with Crippen LogP contribution in [0.3, 0.4) is 0 Å². The quantitative estimate of drug-likeness (QED) is 0.758. The van der Waals surface area contributed by atoms with Crippen molar-refractivity contribution in [1.82, 2.24) is 4.98 Å². The number of aryl methyl sites for hydroxylation is 2. The zero-order valence-electron chi connectivity index (χ0n) is 11.7. The summed E-state index contributed by atoms with van der Waals surface area (Å²) < 4.78 is 0. The Bertz CT molecular complexity index is 789. The molecule has 0 unspecified atom stereocenters. The van der Waals surface area contributed by atoms with Gasteiger partial charge in [0.15, 0.2) is 0 Å². The maximum Gasteiger partial charge on any atom is 0.275 e. The first kappa shape index (κ1) is 14.0. The average Bonchev–Trinajstić information content (AvgIpc) is 3.10. The summed E-state index contributed by atoms with van der Waals surface area (Å²) in [6, 6.07) is 11.8. The standard InChI is InChI=1S/C16H14N2OS2/c1-10-5-3-4-6-12(10)17-15(19)13-9-20-16(18-13)14-8-7-11(2)21-14/h3-9H,1-2H3,(H,17,19). The number of nitrogens with one attached hydrogen (secondary N) is 1. The van der Waals surface area contributed by atoms with E-state index in [1.807, 2.05) is 37.3 Å². The molecule has 0 spiro atoms. The van der Waals surface area contributed by atoms with Crippen LogP contribution in [0.4, 0.5) is 5.69 Å². The van der Waals surface area contributed by atoms with Gasteiger partial charge in [-0.2, -0.15) is 0 Å². The van der Waals surface area contributed by atoms with Crippen LogP contribution in [-0.2, 0) is 0 Å². The van der Waals surface area contributed by atoms with E-state index in [4.69, 9.17) is 0 Å². The summed E-state index contributed by atoms with van der Waals surface area (Å²) in [7, 11) is 0. The maximum atomic E-state index is 12.3. The first-order valence-corrected chi connectivity index (χ1v) is 8.22. The van der Waals surface area contributed by atoms with E-state index in [0.29, 0.717) is 5.69 Å². The molecule has 1 amide bonds. The van der Waals surface area contributed by atoms with E-state index >= 15 is 0 Å². The number of hydrogen-bond donors (Lipinski definition) is 1. The van der Waals surface area contributed by atoms with Crippen molar-refractivity contribution in [2.24, 2.45) is 0 Å². The number of amides is 1. The number of carbonyl (C=O) groups is 1. The predicted molar refractivity (Wildman–Crippen MR) is 89.3 cm³/mol. The number of thiazole rings is 1. The number of nitrogens with zero attached hydrogens (tertiary/aromatic N) is 1. The van der Waals surface area contributed by atoms with Gasteiger partial charge in [-0.1, -0.05) is 18.2 Å². The second kappa shape index (κ2) is 5.79. The van der Waals surface area contributed by atoms with Crippen LogP contribution in [0.5, 0.6) is 0 Å². The molecule has 3 aromatic rings. The smallest absolute Gasteiger partial charge is 0.275 e. The molecule has 2 aromatic heterocycles. The molecule has 0 radical (unpaired) electrons. The molecule has 0 aliphatic heterocycles. The summed E-state index contributed by atoms with van der Waals surface area (Å²) in [6.07, 6.45) is 0. The Hall–Kier alpha value is -1.98. The fourth-order valence-corrected chi connectivity index (χ4v) is 3.68. The zero-order chi connectivity index (χ0) is 14.8. The summed E-state index contributed by atoms with van der Waals surface area (Å²) in [5.74, 6) is -0.167. The molecule has 3 nitrogen and oxygen atoms in total. The van der Waals surface area contributed by atoms with E-state index in [1.165, 1.54) is 16.2 Å². The van der Waals surface area contributed by atoms with Crippen LogP contribution in [0.2, 0.25) is 0 Å². The third-order valence-electron chi connectivity index (χ3n) is 3.08. The van der Waals surface area contributed by atoms with Gasteiger partial charge >= 0.3 is 0 Å². The Labute approximate surface area is 131 Å². The summed E-state index contributed by atoms with van der Waals surface area (Å²) in [5.41, 5.74) is 2.32. The van der Waals surface area contributed by atoms with E-state index in [0.717, 1.165) is 21.1 Å². The molecule has 2 heterocycles. The van der Waals surface area contributed by atoms with Crippen LogP contribution in [-0.4, -0.2) is 10.9 Å². The van der Waals surface area contributed by atoms with Gasteiger partial charge < -0.3 is 5.32 Å². The van der Waals surface area contributed by atoms with Gasteiger partial charge in [-0.25, -0.2) is 4.98 Å². The van der Waals surface area contributed by atoms with Gasteiger partial charge in [0.2, 0.25) is 0 Å². The van der Waals surface area contributed by atoms with Gasteiger partial charge in [0.25, 0.3) is 5.91 Å². The van der Waals surface area contributed by atoms with Crippen LogP contribution in [0.25, 0.3) is 9.88 Å². The number of carbonyl (C=O) groups excluding carboxylic acids is 1. The lowest BCUT2D eigenvalue weighted by molar-refractivity contribution is 0.102. The Morgan fingerprint density at radius 3 is 2.67 bits per heavy atom. The lowest BCUT2D eigenvalue weighted by Crippen LogP contribution is -2.13. The van der Waals surface area contributed by atoms with Crippen molar-refractivity contribution in [2.45, 2.75) is 13.8 Å². The Kier molecular flexibility index (Phi) is 3.86. The molecule has 0 fully saturated rings. The third kappa shape index (κ3) is 3.04. The zero-order valence-corrected chi connectivity index (χ0v) is 13.3. The van der Waals surface area contributed by atoms with E-state index in [-0.39, 0.29) is 5.91 Å². The third-order valence-corrected chi connectivity index (χ3v) is 5.09. The van der Waals surface area contributed by atoms with Crippen LogP contribution in [0.1, 0.15) is 20.9 Å². The number of aromatic nitrogens is 1. The van der Waals surface area contributed by atoms with Gasteiger partial charge in [-0.15, -0.1) is 22.7 Å².